The van der Waals surface area contributed by atoms with Crippen LogP contribution in [0.5, 0.6) is 11.5 Å². The number of benzene rings is 2. The van der Waals surface area contributed by atoms with Crippen LogP contribution in [0, 0.1) is 0 Å². The first-order valence-corrected chi connectivity index (χ1v) is 7.91. The summed E-state index contributed by atoms with van der Waals surface area (Å²) in [5, 5.41) is 9.18. The lowest BCUT2D eigenvalue weighted by atomic mass is 10.1. The molecule has 0 saturated carbocycles. The van der Waals surface area contributed by atoms with E-state index in [-0.39, 0.29) is 10.6 Å². The molecule has 0 aliphatic carbocycles. The molecule has 0 aliphatic heterocycles. The highest BCUT2D eigenvalue weighted by Crippen LogP contribution is 2.15. The SMILES string of the molecule is COc1ccc(S(=O)(=O)NCCc2ccc(O)cc2)cc1. The molecule has 2 aromatic rings. The highest BCUT2D eigenvalue weighted by Gasteiger charge is 2.13. The molecular formula is C15H17NO4S. The third-order valence-corrected chi connectivity index (χ3v) is 4.49. The molecule has 0 saturated heterocycles. The normalized spacial score (nSPS) is 11.3. The fourth-order valence-electron chi connectivity index (χ4n) is 1.83. The second kappa shape index (κ2) is 6.60. The highest BCUT2D eigenvalue weighted by molar-refractivity contribution is 7.89. The molecule has 0 aliphatic rings. The van der Waals surface area contributed by atoms with E-state index < -0.39 is 10.0 Å². The number of hydrogen-bond donors (Lipinski definition) is 2. The van der Waals surface area contributed by atoms with Crippen molar-refractivity contribution in [2.24, 2.45) is 0 Å². The fraction of sp³-hybridized carbons (Fsp3) is 0.200. The van der Waals surface area contributed by atoms with Gasteiger partial charge >= 0.3 is 0 Å². The Balaban J connectivity index is 1.95. The summed E-state index contributed by atoms with van der Waals surface area (Å²) in [6.45, 7) is 0.291. The van der Waals surface area contributed by atoms with Gasteiger partial charge in [0.05, 0.1) is 12.0 Å². The molecule has 0 unspecified atom stereocenters. The predicted molar refractivity (Wildman–Crippen MR) is 80.0 cm³/mol. The molecule has 0 aromatic heterocycles. The molecule has 112 valence electrons. The van der Waals surface area contributed by atoms with Crippen LogP contribution in [-0.4, -0.2) is 27.2 Å². The van der Waals surface area contributed by atoms with Gasteiger partial charge in [-0.1, -0.05) is 12.1 Å². The summed E-state index contributed by atoms with van der Waals surface area (Å²) in [7, 11) is -1.99. The van der Waals surface area contributed by atoms with Crippen molar-refractivity contribution in [3.05, 3.63) is 54.1 Å². The van der Waals surface area contributed by atoms with Crippen molar-refractivity contribution in [3.63, 3.8) is 0 Å². The van der Waals surface area contributed by atoms with Crippen LogP contribution in [0.4, 0.5) is 0 Å². The van der Waals surface area contributed by atoms with Gasteiger partial charge in [-0.2, -0.15) is 0 Å². The van der Waals surface area contributed by atoms with Crippen LogP contribution in [-0.2, 0) is 16.4 Å². The van der Waals surface area contributed by atoms with Gasteiger partial charge in [-0.15, -0.1) is 0 Å². The number of methoxy groups -OCH3 is 1. The number of rotatable bonds is 6. The Hall–Kier alpha value is -2.05. The largest absolute Gasteiger partial charge is 0.508 e. The molecule has 0 fully saturated rings. The number of phenols is 1. The van der Waals surface area contributed by atoms with E-state index in [1.807, 2.05) is 0 Å². The molecule has 2 N–H and O–H groups in total. The van der Waals surface area contributed by atoms with Crippen LogP contribution in [0.25, 0.3) is 0 Å². The molecular weight excluding hydrogens is 290 g/mol. The van der Waals surface area contributed by atoms with Crippen molar-refractivity contribution in [2.45, 2.75) is 11.3 Å². The number of ether oxygens (including phenoxy) is 1. The molecule has 0 amide bonds. The third kappa shape index (κ3) is 4.21. The average Bonchev–Trinajstić information content (AvgIpc) is 2.49. The standard InChI is InChI=1S/C15H17NO4S/c1-20-14-6-8-15(9-7-14)21(18,19)16-11-10-12-2-4-13(17)5-3-12/h2-9,16-17H,10-11H2,1H3. The Labute approximate surface area is 124 Å². The maximum Gasteiger partial charge on any atom is 0.240 e. The van der Waals surface area contributed by atoms with Gasteiger partial charge in [-0.3, -0.25) is 0 Å². The first-order chi connectivity index (χ1) is 10.0. The lowest BCUT2D eigenvalue weighted by Gasteiger charge is -2.07. The van der Waals surface area contributed by atoms with E-state index >= 15 is 0 Å². The van der Waals surface area contributed by atoms with Crippen molar-refractivity contribution >= 4 is 10.0 Å². The molecule has 0 atom stereocenters. The first kappa shape index (κ1) is 15.3. The molecule has 0 spiro atoms. The van der Waals surface area contributed by atoms with E-state index in [1.54, 1.807) is 36.4 Å². The minimum atomic E-state index is -3.52. The minimum Gasteiger partial charge on any atom is -0.508 e. The summed E-state index contributed by atoms with van der Waals surface area (Å²) < 4.78 is 31.7. The van der Waals surface area contributed by atoms with Crippen LogP contribution < -0.4 is 9.46 Å². The highest BCUT2D eigenvalue weighted by atomic mass is 32.2. The number of aromatic hydroxyl groups is 1. The first-order valence-electron chi connectivity index (χ1n) is 6.43. The van der Waals surface area contributed by atoms with Gasteiger partial charge in [0.1, 0.15) is 11.5 Å². The van der Waals surface area contributed by atoms with Crippen LogP contribution in [0.2, 0.25) is 0 Å². The predicted octanol–water partition coefficient (Wildman–Crippen LogP) is 1.92. The van der Waals surface area contributed by atoms with Gasteiger partial charge in [0.2, 0.25) is 10.0 Å². The zero-order valence-corrected chi connectivity index (χ0v) is 12.4. The van der Waals surface area contributed by atoms with Crippen molar-refractivity contribution in [1.82, 2.24) is 4.72 Å². The van der Waals surface area contributed by atoms with Gasteiger partial charge < -0.3 is 9.84 Å². The number of hydrogen-bond acceptors (Lipinski definition) is 4. The molecule has 0 heterocycles. The van der Waals surface area contributed by atoms with E-state index in [0.29, 0.717) is 18.7 Å². The summed E-state index contributed by atoms with van der Waals surface area (Å²) in [4.78, 5) is 0.203. The minimum absolute atomic E-state index is 0.192. The summed E-state index contributed by atoms with van der Waals surface area (Å²) in [6.07, 6.45) is 0.551. The number of nitrogens with one attached hydrogen (secondary N) is 1. The molecule has 0 bridgehead atoms. The second-order valence-electron chi connectivity index (χ2n) is 4.49. The van der Waals surface area contributed by atoms with E-state index in [4.69, 9.17) is 4.74 Å². The van der Waals surface area contributed by atoms with E-state index in [9.17, 15) is 13.5 Å². The van der Waals surface area contributed by atoms with Crippen molar-refractivity contribution in [3.8, 4) is 11.5 Å². The zero-order valence-electron chi connectivity index (χ0n) is 11.6. The maximum absolute atomic E-state index is 12.1. The van der Waals surface area contributed by atoms with E-state index in [2.05, 4.69) is 4.72 Å². The van der Waals surface area contributed by atoms with Crippen LogP contribution in [0.1, 0.15) is 5.56 Å². The average molecular weight is 307 g/mol. The second-order valence-corrected chi connectivity index (χ2v) is 6.26. The Morgan fingerprint density at radius 3 is 2.24 bits per heavy atom. The van der Waals surface area contributed by atoms with Crippen molar-refractivity contribution < 1.29 is 18.3 Å². The van der Waals surface area contributed by atoms with Crippen LogP contribution in [0.3, 0.4) is 0 Å². The van der Waals surface area contributed by atoms with Gasteiger partial charge in [0, 0.05) is 6.54 Å². The molecule has 2 aromatic carbocycles. The number of phenolic OH excluding ortho intramolecular Hbond substituents is 1. The Morgan fingerprint density at radius 1 is 1.05 bits per heavy atom. The molecule has 2 rings (SSSR count). The lowest BCUT2D eigenvalue weighted by molar-refractivity contribution is 0.414. The molecule has 0 radical (unpaired) electrons. The summed E-state index contributed by atoms with van der Waals surface area (Å²) in [5.74, 6) is 0.801. The lowest BCUT2D eigenvalue weighted by Crippen LogP contribution is -2.25. The number of sulfonamides is 1. The van der Waals surface area contributed by atoms with Gasteiger partial charge in [-0.25, -0.2) is 13.1 Å². The van der Waals surface area contributed by atoms with E-state index in [1.165, 1.54) is 19.2 Å². The van der Waals surface area contributed by atoms with Gasteiger partial charge in [0.25, 0.3) is 0 Å². The van der Waals surface area contributed by atoms with Gasteiger partial charge in [-0.05, 0) is 48.4 Å². The third-order valence-electron chi connectivity index (χ3n) is 3.01. The monoisotopic (exact) mass is 307 g/mol. The Bertz CT molecular complexity index is 679. The Morgan fingerprint density at radius 2 is 1.67 bits per heavy atom. The fourth-order valence-corrected chi connectivity index (χ4v) is 2.86. The van der Waals surface area contributed by atoms with E-state index in [0.717, 1.165) is 5.56 Å². The van der Waals surface area contributed by atoms with Crippen molar-refractivity contribution in [2.75, 3.05) is 13.7 Å². The van der Waals surface area contributed by atoms with Crippen molar-refractivity contribution in [1.29, 1.82) is 0 Å². The summed E-state index contributed by atoms with van der Waals surface area (Å²) in [6, 6.07) is 12.9. The zero-order chi connectivity index (χ0) is 15.3. The van der Waals surface area contributed by atoms with Crippen LogP contribution in [0.15, 0.2) is 53.4 Å². The maximum atomic E-state index is 12.1. The summed E-state index contributed by atoms with van der Waals surface area (Å²) >= 11 is 0. The molecule has 6 heteroatoms. The van der Waals surface area contributed by atoms with Gasteiger partial charge in [0.15, 0.2) is 0 Å². The quantitative estimate of drug-likeness (QED) is 0.855. The topological polar surface area (TPSA) is 75.6 Å². The van der Waals surface area contributed by atoms with Crippen LogP contribution >= 0.6 is 0 Å². The smallest absolute Gasteiger partial charge is 0.240 e. The molecule has 21 heavy (non-hydrogen) atoms. The Kier molecular flexibility index (Phi) is 4.82. The molecule has 5 nitrogen and oxygen atoms in total. The summed E-state index contributed by atoms with van der Waals surface area (Å²) in [5.41, 5.74) is 0.949.